The average Bonchev–Trinajstić information content (AvgIpc) is 3.35. The first-order valence-electron chi connectivity index (χ1n) is 8.52. The third-order valence-corrected chi connectivity index (χ3v) is 6.10. The number of hydrogen-bond donors (Lipinski definition) is 0. The lowest BCUT2D eigenvalue weighted by molar-refractivity contribution is -0.124. The van der Waals surface area contributed by atoms with Crippen molar-refractivity contribution >= 4 is 40.7 Å². The highest BCUT2D eigenvalue weighted by molar-refractivity contribution is 6.35. The van der Waals surface area contributed by atoms with Gasteiger partial charge >= 0.3 is 0 Å². The predicted molar refractivity (Wildman–Crippen MR) is 95.2 cm³/mol. The number of halogens is 2. The number of hydrogen-bond acceptors (Lipinski definition) is 4. The molecule has 4 atom stereocenters. The molecule has 26 heavy (non-hydrogen) atoms. The van der Waals surface area contributed by atoms with Crippen LogP contribution in [-0.2, 0) is 20.9 Å². The second kappa shape index (κ2) is 5.81. The molecule has 3 aliphatic rings. The van der Waals surface area contributed by atoms with Gasteiger partial charge in [0.2, 0.25) is 11.8 Å². The first-order valence-corrected chi connectivity index (χ1v) is 9.28. The Morgan fingerprint density at radius 1 is 1.12 bits per heavy atom. The minimum Gasteiger partial charge on any atom is -0.373 e. The van der Waals surface area contributed by atoms with Crippen LogP contribution in [0.5, 0.6) is 0 Å². The summed E-state index contributed by atoms with van der Waals surface area (Å²) in [6.45, 7) is 0.424. The van der Waals surface area contributed by atoms with Crippen molar-refractivity contribution in [1.82, 2.24) is 9.78 Å². The van der Waals surface area contributed by atoms with Gasteiger partial charge in [-0.05, 0) is 30.5 Å². The molecule has 1 aromatic carbocycles. The first-order chi connectivity index (χ1) is 12.5. The van der Waals surface area contributed by atoms with E-state index >= 15 is 0 Å². The van der Waals surface area contributed by atoms with Gasteiger partial charge < -0.3 is 4.74 Å². The van der Waals surface area contributed by atoms with E-state index in [0.29, 0.717) is 22.3 Å². The zero-order valence-electron chi connectivity index (χ0n) is 13.6. The number of imide groups is 1. The van der Waals surface area contributed by atoms with Crippen LogP contribution in [0.25, 0.3) is 0 Å². The van der Waals surface area contributed by atoms with Gasteiger partial charge in [-0.1, -0.05) is 29.3 Å². The quantitative estimate of drug-likeness (QED) is 0.754. The van der Waals surface area contributed by atoms with Crippen LogP contribution < -0.4 is 4.90 Å². The van der Waals surface area contributed by atoms with Crippen LogP contribution in [0, 0.1) is 11.8 Å². The average molecular weight is 392 g/mol. The van der Waals surface area contributed by atoms with Crippen molar-refractivity contribution in [3.05, 3.63) is 46.2 Å². The molecule has 0 saturated carbocycles. The van der Waals surface area contributed by atoms with Gasteiger partial charge in [-0.3, -0.25) is 14.3 Å². The monoisotopic (exact) mass is 391 g/mol. The van der Waals surface area contributed by atoms with E-state index in [1.807, 2.05) is 6.07 Å². The van der Waals surface area contributed by atoms with E-state index in [2.05, 4.69) is 5.10 Å². The van der Waals surface area contributed by atoms with Gasteiger partial charge in [0, 0.05) is 16.2 Å². The van der Waals surface area contributed by atoms with Gasteiger partial charge in [0.05, 0.1) is 42.5 Å². The number of carbonyl (C=O) groups excluding carboxylic acids is 2. The minimum atomic E-state index is -0.338. The second-order valence-electron chi connectivity index (χ2n) is 6.99. The van der Waals surface area contributed by atoms with Crippen LogP contribution in [0.3, 0.4) is 0 Å². The standard InChI is InChI=1S/C18H15Cl2N3O3/c19-10-2-1-9(12(20)5-10)7-22-8-11(6-21-22)23-17(24)15-13-3-4-14(26-13)16(15)18(23)25/h1-2,5-6,8,13-16H,3-4,7H2/t13-,14-,15-,16-/m0/s1. The summed E-state index contributed by atoms with van der Waals surface area (Å²) in [5.41, 5.74) is 1.35. The molecule has 0 spiro atoms. The maximum absolute atomic E-state index is 12.8. The number of anilines is 1. The maximum Gasteiger partial charge on any atom is 0.240 e. The van der Waals surface area contributed by atoms with E-state index in [1.54, 1.807) is 29.2 Å². The zero-order valence-corrected chi connectivity index (χ0v) is 15.2. The number of amides is 2. The molecule has 6 nitrogen and oxygen atoms in total. The summed E-state index contributed by atoms with van der Waals surface area (Å²) in [7, 11) is 0. The topological polar surface area (TPSA) is 64.4 Å². The molecule has 5 rings (SSSR count). The van der Waals surface area contributed by atoms with Crippen LogP contribution in [0.15, 0.2) is 30.6 Å². The Kier molecular flexibility index (Phi) is 3.64. The fourth-order valence-electron chi connectivity index (χ4n) is 4.35. The van der Waals surface area contributed by atoms with Gasteiger partial charge in [0.15, 0.2) is 0 Å². The Morgan fingerprint density at radius 3 is 2.46 bits per heavy atom. The molecule has 1 aromatic heterocycles. The number of ether oxygens (including phenoxy) is 1. The summed E-state index contributed by atoms with van der Waals surface area (Å²) in [6, 6.07) is 5.27. The fourth-order valence-corrected chi connectivity index (χ4v) is 4.81. The largest absolute Gasteiger partial charge is 0.373 e. The third-order valence-electron chi connectivity index (χ3n) is 5.51. The summed E-state index contributed by atoms with van der Waals surface area (Å²) in [5.74, 6) is -1.02. The molecule has 2 aromatic rings. The SMILES string of the molecule is O=C1[C@@H]2[C@@H](C(=O)N1c1cnn(Cc3ccc(Cl)cc3Cl)c1)[C@@H]1CC[C@@H]2O1. The Morgan fingerprint density at radius 2 is 1.81 bits per heavy atom. The van der Waals surface area contributed by atoms with Crippen LogP contribution in [0.2, 0.25) is 10.0 Å². The summed E-state index contributed by atoms with van der Waals surface area (Å²) >= 11 is 12.1. The molecule has 3 saturated heterocycles. The lowest BCUT2D eigenvalue weighted by Gasteiger charge is -2.15. The van der Waals surface area contributed by atoms with Crippen molar-refractivity contribution in [2.75, 3.05) is 4.90 Å². The van der Waals surface area contributed by atoms with Crippen LogP contribution >= 0.6 is 23.2 Å². The van der Waals surface area contributed by atoms with Gasteiger partial charge in [-0.25, -0.2) is 4.90 Å². The minimum absolute atomic E-state index is 0.116. The second-order valence-corrected chi connectivity index (χ2v) is 7.83. The molecule has 0 unspecified atom stereocenters. The zero-order chi connectivity index (χ0) is 18.0. The van der Waals surface area contributed by atoms with Crippen molar-refractivity contribution in [2.45, 2.75) is 31.6 Å². The Bertz CT molecular complexity index is 900. The summed E-state index contributed by atoms with van der Waals surface area (Å²) in [6.07, 6.45) is 4.72. The number of aromatic nitrogens is 2. The molecule has 134 valence electrons. The van der Waals surface area contributed by atoms with Gasteiger partial charge in [-0.15, -0.1) is 0 Å². The van der Waals surface area contributed by atoms with Crippen molar-refractivity contribution in [2.24, 2.45) is 11.8 Å². The molecule has 3 aliphatic heterocycles. The van der Waals surface area contributed by atoms with E-state index in [4.69, 9.17) is 27.9 Å². The third kappa shape index (κ3) is 2.32. The highest BCUT2D eigenvalue weighted by atomic mass is 35.5. The summed E-state index contributed by atoms with van der Waals surface area (Å²) in [4.78, 5) is 26.9. The van der Waals surface area contributed by atoms with E-state index < -0.39 is 0 Å². The van der Waals surface area contributed by atoms with E-state index in [1.165, 1.54) is 4.90 Å². The molecule has 2 amide bonds. The normalized spacial score (nSPS) is 29.7. The number of nitrogens with zero attached hydrogens (tertiary/aromatic N) is 3. The number of rotatable bonds is 3. The smallest absolute Gasteiger partial charge is 0.240 e. The molecule has 0 aliphatic carbocycles. The van der Waals surface area contributed by atoms with Crippen molar-refractivity contribution in [3.63, 3.8) is 0 Å². The molecule has 3 fully saturated rings. The molecule has 2 bridgehead atoms. The van der Waals surface area contributed by atoms with Gasteiger partial charge in [0.1, 0.15) is 0 Å². The molecular formula is C18H15Cl2N3O3. The highest BCUT2D eigenvalue weighted by Gasteiger charge is 2.62. The van der Waals surface area contributed by atoms with Crippen LogP contribution in [0.1, 0.15) is 18.4 Å². The Labute approximate surface area is 159 Å². The molecular weight excluding hydrogens is 377 g/mol. The lowest BCUT2D eigenvalue weighted by Crippen LogP contribution is -2.34. The highest BCUT2D eigenvalue weighted by Crippen LogP contribution is 2.49. The van der Waals surface area contributed by atoms with Crippen LogP contribution in [-0.4, -0.2) is 33.8 Å². The maximum atomic E-state index is 12.8. The van der Waals surface area contributed by atoms with Crippen molar-refractivity contribution in [1.29, 1.82) is 0 Å². The van der Waals surface area contributed by atoms with Crippen molar-refractivity contribution < 1.29 is 14.3 Å². The molecule has 0 N–H and O–H groups in total. The number of fused-ring (bicyclic) bond motifs is 5. The van der Waals surface area contributed by atoms with Crippen molar-refractivity contribution in [3.8, 4) is 0 Å². The Hall–Kier alpha value is -1.89. The van der Waals surface area contributed by atoms with Gasteiger partial charge in [-0.2, -0.15) is 5.10 Å². The lowest BCUT2D eigenvalue weighted by atomic mass is 9.81. The van der Waals surface area contributed by atoms with E-state index in [9.17, 15) is 9.59 Å². The summed E-state index contributed by atoms with van der Waals surface area (Å²) in [5, 5.41) is 5.40. The first kappa shape index (κ1) is 16.3. The molecule has 0 radical (unpaired) electrons. The van der Waals surface area contributed by atoms with Gasteiger partial charge in [0.25, 0.3) is 0 Å². The number of benzene rings is 1. The Balaban J connectivity index is 1.40. The van der Waals surface area contributed by atoms with E-state index in [-0.39, 0.29) is 35.9 Å². The number of carbonyl (C=O) groups is 2. The fraction of sp³-hybridized carbons (Fsp3) is 0.389. The van der Waals surface area contributed by atoms with Crippen LogP contribution in [0.4, 0.5) is 5.69 Å². The molecule has 4 heterocycles. The predicted octanol–water partition coefficient (Wildman–Crippen LogP) is 2.91. The molecule has 8 heteroatoms. The van der Waals surface area contributed by atoms with E-state index in [0.717, 1.165) is 18.4 Å². The summed E-state index contributed by atoms with van der Waals surface area (Å²) < 4.78 is 7.41.